The number of hydrogen-bond donors (Lipinski definition) is 2. The number of pyridine rings is 1. The predicted octanol–water partition coefficient (Wildman–Crippen LogP) is 5.09. The van der Waals surface area contributed by atoms with Gasteiger partial charge in [0, 0.05) is 25.0 Å². The molecule has 2 heterocycles. The molecule has 4 rings (SSSR count). The number of anilines is 1. The van der Waals surface area contributed by atoms with Crippen LogP contribution >= 0.6 is 11.8 Å². The number of ether oxygens (including phenoxy) is 1. The Hall–Kier alpha value is -1.96. The van der Waals surface area contributed by atoms with Crippen LogP contribution in [-0.4, -0.2) is 52.6 Å². The van der Waals surface area contributed by atoms with E-state index in [1.54, 1.807) is 11.8 Å². The summed E-state index contributed by atoms with van der Waals surface area (Å²) < 4.78 is 5.28. The van der Waals surface area contributed by atoms with Gasteiger partial charge in [0.15, 0.2) is 0 Å². The first-order valence-electron chi connectivity index (χ1n) is 12.1. The molecule has 7 nitrogen and oxygen atoms in total. The van der Waals surface area contributed by atoms with Crippen molar-refractivity contribution in [2.75, 3.05) is 23.7 Å². The summed E-state index contributed by atoms with van der Waals surface area (Å²) in [6, 6.07) is 4.14. The van der Waals surface area contributed by atoms with Gasteiger partial charge in [-0.25, -0.2) is 9.78 Å². The molecule has 0 bridgehead atoms. The molecule has 1 atom stereocenters. The normalized spacial score (nSPS) is 22.9. The standard InChI is InChI=1S/C24H35N3O4S/c1-2-15-32-22-19(21(28)25-18-8-4-3-5-9-18)10-11-20(26-22)27-14-6-7-17(16-27)24(12-13-24)31-23(29)30/h10-11,17-18H,2-9,12-16H2,1H3,(H,25,28)(H,29,30). The van der Waals surface area contributed by atoms with Gasteiger partial charge in [-0.15, -0.1) is 11.8 Å². The third-order valence-corrected chi connectivity index (χ3v) is 8.19. The first-order chi connectivity index (χ1) is 15.5. The molecular formula is C24H35N3O4S. The monoisotopic (exact) mass is 461 g/mol. The second-order valence-corrected chi connectivity index (χ2v) is 10.5. The number of amides is 1. The molecule has 1 unspecified atom stereocenters. The van der Waals surface area contributed by atoms with Gasteiger partial charge >= 0.3 is 6.16 Å². The fraction of sp³-hybridized carbons (Fsp3) is 0.708. The lowest BCUT2D eigenvalue weighted by molar-refractivity contribution is 0.00489. The summed E-state index contributed by atoms with van der Waals surface area (Å²) >= 11 is 1.64. The number of carboxylic acid groups (broad SMARTS) is 1. The van der Waals surface area contributed by atoms with E-state index in [4.69, 9.17) is 14.8 Å². The summed E-state index contributed by atoms with van der Waals surface area (Å²) in [5.74, 6) is 1.96. The minimum absolute atomic E-state index is 0.0159. The quantitative estimate of drug-likeness (QED) is 0.411. The summed E-state index contributed by atoms with van der Waals surface area (Å²) in [7, 11) is 0. The van der Waals surface area contributed by atoms with Crippen molar-refractivity contribution >= 4 is 29.6 Å². The third-order valence-electron chi connectivity index (χ3n) is 7.00. The van der Waals surface area contributed by atoms with Crippen molar-refractivity contribution in [3.63, 3.8) is 0 Å². The molecule has 0 aromatic carbocycles. The van der Waals surface area contributed by atoms with Crippen LogP contribution in [0.4, 0.5) is 10.6 Å². The van der Waals surface area contributed by atoms with E-state index >= 15 is 0 Å². The molecule has 8 heteroatoms. The average Bonchev–Trinajstić information content (AvgIpc) is 3.58. The van der Waals surface area contributed by atoms with Crippen molar-refractivity contribution in [1.82, 2.24) is 10.3 Å². The van der Waals surface area contributed by atoms with E-state index in [1.807, 2.05) is 12.1 Å². The van der Waals surface area contributed by atoms with Crippen molar-refractivity contribution in [3.05, 3.63) is 17.7 Å². The maximum Gasteiger partial charge on any atom is 0.506 e. The van der Waals surface area contributed by atoms with Crippen molar-refractivity contribution in [2.24, 2.45) is 5.92 Å². The van der Waals surface area contributed by atoms with Crippen molar-refractivity contribution in [1.29, 1.82) is 0 Å². The summed E-state index contributed by atoms with van der Waals surface area (Å²) in [5, 5.41) is 13.2. The Morgan fingerprint density at radius 3 is 2.69 bits per heavy atom. The van der Waals surface area contributed by atoms with Crippen molar-refractivity contribution < 1.29 is 19.4 Å². The van der Waals surface area contributed by atoms with Crippen LogP contribution in [0.15, 0.2) is 17.2 Å². The van der Waals surface area contributed by atoms with Crippen LogP contribution in [0.3, 0.4) is 0 Å². The van der Waals surface area contributed by atoms with Gasteiger partial charge in [0.1, 0.15) is 16.4 Å². The molecule has 0 spiro atoms. The molecule has 2 aliphatic carbocycles. The fourth-order valence-electron chi connectivity index (χ4n) is 5.10. The summed E-state index contributed by atoms with van der Waals surface area (Å²) in [6.45, 7) is 3.76. The molecule has 176 valence electrons. The largest absolute Gasteiger partial charge is 0.506 e. The number of piperidine rings is 1. The SMILES string of the molecule is CCCSc1nc(N2CCCC(C3(OC(=O)O)CC3)C2)ccc1C(=O)NC1CCCCC1. The Morgan fingerprint density at radius 1 is 1.22 bits per heavy atom. The highest BCUT2D eigenvalue weighted by Gasteiger charge is 2.54. The highest BCUT2D eigenvalue weighted by molar-refractivity contribution is 7.99. The molecule has 3 fully saturated rings. The van der Waals surface area contributed by atoms with Crippen LogP contribution in [0.5, 0.6) is 0 Å². The van der Waals surface area contributed by atoms with Gasteiger partial charge in [-0.05, 0) is 62.8 Å². The summed E-state index contributed by atoms with van der Waals surface area (Å²) in [6.07, 6.45) is 9.16. The van der Waals surface area contributed by atoms with Gasteiger partial charge in [-0.2, -0.15) is 0 Å². The number of thioether (sulfide) groups is 1. The van der Waals surface area contributed by atoms with Crippen molar-refractivity contribution in [3.8, 4) is 0 Å². The zero-order valence-electron chi connectivity index (χ0n) is 19.0. The van der Waals surface area contributed by atoms with Gasteiger partial charge in [0.05, 0.1) is 5.56 Å². The van der Waals surface area contributed by atoms with E-state index in [0.29, 0.717) is 5.56 Å². The Morgan fingerprint density at radius 2 is 2.00 bits per heavy atom. The van der Waals surface area contributed by atoms with Gasteiger partial charge in [0.25, 0.3) is 5.91 Å². The third kappa shape index (κ3) is 5.50. The maximum absolute atomic E-state index is 13.0. The van der Waals surface area contributed by atoms with Crippen molar-refractivity contribution in [2.45, 2.75) is 87.8 Å². The average molecular weight is 462 g/mol. The molecule has 3 aliphatic rings. The second kappa shape index (κ2) is 10.3. The highest BCUT2D eigenvalue weighted by Crippen LogP contribution is 2.49. The zero-order valence-corrected chi connectivity index (χ0v) is 19.8. The van der Waals surface area contributed by atoms with E-state index in [0.717, 1.165) is 74.6 Å². The molecule has 2 N–H and O–H groups in total. The predicted molar refractivity (Wildman–Crippen MR) is 126 cm³/mol. The molecule has 32 heavy (non-hydrogen) atoms. The number of carbonyl (C=O) groups is 2. The number of carbonyl (C=O) groups excluding carboxylic acids is 1. The Labute approximate surface area is 194 Å². The van der Waals surface area contributed by atoms with Crippen LogP contribution in [-0.2, 0) is 4.74 Å². The molecule has 1 aliphatic heterocycles. The molecule has 2 saturated carbocycles. The van der Waals surface area contributed by atoms with E-state index in [-0.39, 0.29) is 17.9 Å². The molecule has 1 aromatic rings. The van der Waals surface area contributed by atoms with Crippen LogP contribution in [0.25, 0.3) is 0 Å². The van der Waals surface area contributed by atoms with Crippen LogP contribution < -0.4 is 10.2 Å². The Balaban J connectivity index is 1.48. The number of hydrogen-bond acceptors (Lipinski definition) is 6. The Kier molecular flexibility index (Phi) is 7.48. The number of rotatable bonds is 8. The molecule has 0 radical (unpaired) electrons. The molecule has 1 aromatic heterocycles. The lowest BCUT2D eigenvalue weighted by atomic mass is 9.90. The van der Waals surface area contributed by atoms with Gasteiger partial charge in [-0.3, -0.25) is 4.79 Å². The van der Waals surface area contributed by atoms with E-state index in [2.05, 4.69) is 17.1 Å². The van der Waals surface area contributed by atoms with Gasteiger partial charge in [0.2, 0.25) is 0 Å². The lowest BCUT2D eigenvalue weighted by Gasteiger charge is -2.37. The smallest absolute Gasteiger partial charge is 0.450 e. The Bertz CT molecular complexity index is 823. The lowest BCUT2D eigenvalue weighted by Crippen LogP contribution is -2.43. The van der Waals surface area contributed by atoms with E-state index in [9.17, 15) is 9.59 Å². The van der Waals surface area contributed by atoms with Gasteiger partial charge < -0.3 is 20.1 Å². The fourth-order valence-corrected chi connectivity index (χ4v) is 5.98. The van der Waals surface area contributed by atoms with E-state index in [1.165, 1.54) is 19.3 Å². The van der Waals surface area contributed by atoms with Crippen LogP contribution in [0.2, 0.25) is 0 Å². The first-order valence-corrected chi connectivity index (χ1v) is 13.1. The van der Waals surface area contributed by atoms with Crippen LogP contribution in [0.1, 0.15) is 81.5 Å². The number of nitrogens with one attached hydrogen (secondary N) is 1. The van der Waals surface area contributed by atoms with Gasteiger partial charge in [-0.1, -0.05) is 26.2 Å². The first kappa shape index (κ1) is 23.2. The second-order valence-electron chi connectivity index (χ2n) is 9.40. The number of nitrogens with zero attached hydrogens (tertiary/aromatic N) is 2. The summed E-state index contributed by atoms with van der Waals surface area (Å²) in [4.78, 5) is 31.3. The minimum atomic E-state index is -1.18. The number of aromatic nitrogens is 1. The van der Waals surface area contributed by atoms with E-state index < -0.39 is 11.8 Å². The topological polar surface area (TPSA) is 91.8 Å². The zero-order chi connectivity index (χ0) is 22.6. The molecular weight excluding hydrogens is 426 g/mol. The summed E-state index contributed by atoms with van der Waals surface area (Å²) in [5.41, 5.74) is 0.156. The minimum Gasteiger partial charge on any atom is -0.450 e. The molecule has 1 saturated heterocycles. The highest BCUT2D eigenvalue weighted by atomic mass is 32.2. The maximum atomic E-state index is 13.0. The molecule has 1 amide bonds. The van der Waals surface area contributed by atoms with Crippen LogP contribution in [0, 0.1) is 5.92 Å².